The number of aliphatic hydroxyl groups excluding tert-OH is 1. The van der Waals surface area contributed by atoms with Crippen molar-refractivity contribution in [2.45, 2.75) is 6.10 Å². The van der Waals surface area contributed by atoms with E-state index in [1.807, 2.05) is 17.5 Å². The van der Waals surface area contributed by atoms with E-state index in [0.29, 0.717) is 27.3 Å². The van der Waals surface area contributed by atoms with Crippen LogP contribution in [0.1, 0.15) is 11.0 Å². The molecular weight excluding hydrogens is 313 g/mol. The molecule has 1 unspecified atom stereocenters. The van der Waals surface area contributed by atoms with Crippen molar-refractivity contribution in [3.05, 3.63) is 49.6 Å². The summed E-state index contributed by atoms with van der Waals surface area (Å²) in [6, 6.07) is 6.98. The number of rotatable bonds is 4. The standard InChI is InChI=1S/C12H10Cl3NOS/c13-7-4-8(14)12(9(15)5-7)16-6-10(17)11-2-1-3-18-11/h1-5,10,16-17H,6H2. The van der Waals surface area contributed by atoms with Crippen molar-refractivity contribution >= 4 is 51.8 Å². The van der Waals surface area contributed by atoms with Gasteiger partial charge in [0.2, 0.25) is 0 Å². The van der Waals surface area contributed by atoms with Gasteiger partial charge in [0, 0.05) is 16.4 Å². The number of nitrogens with one attached hydrogen (secondary N) is 1. The predicted molar refractivity (Wildman–Crippen MR) is 79.2 cm³/mol. The molecule has 2 nitrogen and oxygen atoms in total. The minimum atomic E-state index is -0.590. The second kappa shape index (κ2) is 6.13. The first kappa shape index (κ1) is 14.0. The number of hydrogen-bond acceptors (Lipinski definition) is 3. The maximum absolute atomic E-state index is 9.94. The van der Waals surface area contributed by atoms with E-state index in [2.05, 4.69) is 5.32 Å². The molecule has 18 heavy (non-hydrogen) atoms. The molecule has 0 amide bonds. The van der Waals surface area contributed by atoms with Gasteiger partial charge in [0.15, 0.2) is 0 Å². The van der Waals surface area contributed by atoms with Gasteiger partial charge in [-0.05, 0) is 23.6 Å². The predicted octanol–water partition coefficient (Wildman–Crippen LogP) is 4.85. The van der Waals surface area contributed by atoms with E-state index in [4.69, 9.17) is 34.8 Å². The van der Waals surface area contributed by atoms with Crippen molar-refractivity contribution in [2.24, 2.45) is 0 Å². The van der Waals surface area contributed by atoms with Crippen LogP contribution < -0.4 is 5.32 Å². The van der Waals surface area contributed by atoms with Gasteiger partial charge in [-0.15, -0.1) is 11.3 Å². The van der Waals surface area contributed by atoms with Crippen LogP contribution in [-0.2, 0) is 0 Å². The van der Waals surface area contributed by atoms with Gasteiger partial charge in [0.1, 0.15) is 6.10 Å². The Bertz CT molecular complexity index is 507. The normalized spacial score (nSPS) is 12.4. The Kier molecular flexibility index (Phi) is 4.76. The quantitative estimate of drug-likeness (QED) is 0.843. The fourth-order valence-corrected chi connectivity index (χ4v) is 3.15. The summed E-state index contributed by atoms with van der Waals surface area (Å²) in [5.41, 5.74) is 0.582. The summed E-state index contributed by atoms with van der Waals surface area (Å²) in [7, 11) is 0. The highest BCUT2D eigenvalue weighted by molar-refractivity contribution is 7.10. The SMILES string of the molecule is OC(CNc1c(Cl)cc(Cl)cc1Cl)c1cccs1. The van der Waals surface area contributed by atoms with Gasteiger partial charge < -0.3 is 10.4 Å². The molecule has 1 heterocycles. The van der Waals surface area contributed by atoms with Gasteiger partial charge in [0.05, 0.1) is 15.7 Å². The maximum Gasteiger partial charge on any atom is 0.105 e. The van der Waals surface area contributed by atoms with E-state index >= 15 is 0 Å². The smallest absolute Gasteiger partial charge is 0.105 e. The van der Waals surface area contributed by atoms with Crippen LogP contribution in [0.5, 0.6) is 0 Å². The van der Waals surface area contributed by atoms with Crippen LogP contribution in [-0.4, -0.2) is 11.7 Å². The highest BCUT2D eigenvalue weighted by atomic mass is 35.5. The molecular formula is C12H10Cl3NOS. The lowest BCUT2D eigenvalue weighted by molar-refractivity contribution is 0.195. The molecule has 0 fully saturated rings. The molecule has 1 aromatic heterocycles. The molecule has 0 radical (unpaired) electrons. The number of thiophene rings is 1. The summed E-state index contributed by atoms with van der Waals surface area (Å²) < 4.78 is 0. The van der Waals surface area contributed by atoms with Crippen molar-refractivity contribution < 1.29 is 5.11 Å². The fourth-order valence-electron chi connectivity index (χ4n) is 1.49. The molecule has 1 atom stereocenters. The second-order valence-corrected chi connectivity index (χ2v) is 5.89. The monoisotopic (exact) mass is 321 g/mol. The fraction of sp³-hybridized carbons (Fsp3) is 0.167. The Labute approximate surface area is 124 Å². The molecule has 0 aliphatic rings. The van der Waals surface area contributed by atoms with Gasteiger partial charge >= 0.3 is 0 Å². The number of halogens is 3. The van der Waals surface area contributed by atoms with Crippen LogP contribution in [0.3, 0.4) is 0 Å². The van der Waals surface area contributed by atoms with Gasteiger partial charge in [-0.2, -0.15) is 0 Å². The van der Waals surface area contributed by atoms with E-state index in [0.717, 1.165) is 4.88 Å². The lowest BCUT2D eigenvalue weighted by Crippen LogP contribution is -2.11. The summed E-state index contributed by atoms with van der Waals surface area (Å²) >= 11 is 19.4. The average molecular weight is 323 g/mol. The lowest BCUT2D eigenvalue weighted by Gasteiger charge is -2.14. The summed E-state index contributed by atoms with van der Waals surface area (Å²) in [6.45, 7) is 0.335. The molecule has 2 aromatic rings. The van der Waals surface area contributed by atoms with Crippen LogP contribution in [0.2, 0.25) is 15.1 Å². The summed E-state index contributed by atoms with van der Waals surface area (Å²) in [5, 5.41) is 16.2. The summed E-state index contributed by atoms with van der Waals surface area (Å²) in [5.74, 6) is 0. The lowest BCUT2D eigenvalue weighted by atomic mass is 10.2. The van der Waals surface area contributed by atoms with Crippen LogP contribution in [0.25, 0.3) is 0 Å². The molecule has 0 saturated heterocycles. The summed E-state index contributed by atoms with van der Waals surface area (Å²) in [6.07, 6.45) is -0.590. The van der Waals surface area contributed by atoms with Gasteiger partial charge in [0.25, 0.3) is 0 Å². The topological polar surface area (TPSA) is 32.3 Å². The van der Waals surface area contributed by atoms with Crippen molar-refractivity contribution in [3.63, 3.8) is 0 Å². The van der Waals surface area contributed by atoms with E-state index in [-0.39, 0.29) is 0 Å². The molecule has 0 aliphatic carbocycles. The number of anilines is 1. The van der Waals surface area contributed by atoms with E-state index < -0.39 is 6.10 Å². The Hall–Kier alpha value is -0.450. The minimum Gasteiger partial charge on any atom is -0.386 e. The molecule has 0 bridgehead atoms. The number of hydrogen-bond donors (Lipinski definition) is 2. The van der Waals surface area contributed by atoms with E-state index in [1.54, 1.807) is 12.1 Å². The Morgan fingerprint density at radius 1 is 1.22 bits per heavy atom. The molecule has 0 spiro atoms. The van der Waals surface area contributed by atoms with E-state index in [9.17, 15) is 5.11 Å². The zero-order valence-corrected chi connectivity index (χ0v) is 12.2. The Balaban J connectivity index is 2.07. The number of benzene rings is 1. The third-order valence-corrected chi connectivity index (χ3v) is 4.14. The van der Waals surface area contributed by atoms with Crippen molar-refractivity contribution in [1.29, 1.82) is 0 Å². The Morgan fingerprint density at radius 2 is 1.89 bits per heavy atom. The van der Waals surface area contributed by atoms with Crippen LogP contribution >= 0.6 is 46.1 Å². The zero-order chi connectivity index (χ0) is 13.1. The second-order valence-electron chi connectivity index (χ2n) is 3.66. The third kappa shape index (κ3) is 3.31. The minimum absolute atomic E-state index is 0.335. The van der Waals surface area contributed by atoms with Crippen molar-refractivity contribution in [1.82, 2.24) is 0 Å². The maximum atomic E-state index is 9.94. The van der Waals surface area contributed by atoms with Crippen molar-refractivity contribution in [2.75, 3.05) is 11.9 Å². The first-order chi connectivity index (χ1) is 8.58. The molecule has 2 rings (SSSR count). The van der Waals surface area contributed by atoms with Crippen LogP contribution in [0.4, 0.5) is 5.69 Å². The first-order valence-electron chi connectivity index (χ1n) is 5.18. The highest BCUT2D eigenvalue weighted by Gasteiger charge is 2.12. The molecule has 0 saturated carbocycles. The Morgan fingerprint density at radius 3 is 2.44 bits per heavy atom. The highest BCUT2D eigenvalue weighted by Crippen LogP contribution is 2.34. The molecule has 2 N–H and O–H groups in total. The molecule has 6 heteroatoms. The van der Waals surface area contributed by atoms with Gasteiger partial charge in [-0.25, -0.2) is 0 Å². The van der Waals surface area contributed by atoms with Crippen LogP contribution in [0, 0.1) is 0 Å². The van der Waals surface area contributed by atoms with Gasteiger partial charge in [-0.3, -0.25) is 0 Å². The average Bonchev–Trinajstić information content (AvgIpc) is 2.80. The first-order valence-corrected chi connectivity index (χ1v) is 7.19. The van der Waals surface area contributed by atoms with Crippen LogP contribution in [0.15, 0.2) is 29.6 Å². The van der Waals surface area contributed by atoms with Gasteiger partial charge in [-0.1, -0.05) is 40.9 Å². The third-order valence-electron chi connectivity index (χ3n) is 2.35. The van der Waals surface area contributed by atoms with E-state index in [1.165, 1.54) is 11.3 Å². The molecule has 1 aromatic carbocycles. The number of aliphatic hydroxyl groups is 1. The largest absolute Gasteiger partial charge is 0.386 e. The zero-order valence-electron chi connectivity index (χ0n) is 9.16. The summed E-state index contributed by atoms with van der Waals surface area (Å²) in [4.78, 5) is 0.892. The van der Waals surface area contributed by atoms with Crippen molar-refractivity contribution in [3.8, 4) is 0 Å². The molecule has 0 aliphatic heterocycles. The molecule has 96 valence electrons.